The first kappa shape index (κ1) is 19.8. The first-order valence-corrected chi connectivity index (χ1v) is 10.1. The standard InChI is InChI=1S/C23H19FN6O2/c1-3-18-19(15-6-8-16(24)9-7-15)21-27-26-20-22(30(21)28-18)25-13-29(23(20)31)12-14-4-10-17(32-2)11-5-14/h4-11,13H,3,12H2,1-2H3. The minimum Gasteiger partial charge on any atom is -0.497 e. The van der Waals surface area contributed by atoms with E-state index in [2.05, 4.69) is 20.3 Å². The minimum absolute atomic E-state index is 0.129. The number of hydrogen-bond acceptors (Lipinski definition) is 6. The smallest absolute Gasteiger partial charge is 0.283 e. The van der Waals surface area contributed by atoms with Gasteiger partial charge in [-0.2, -0.15) is 9.61 Å². The van der Waals surface area contributed by atoms with Crippen LogP contribution in [0.15, 0.2) is 59.7 Å². The number of hydrogen-bond donors (Lipinski definition) is 0. The lowest BCUT2D eigenvalue weighted by atomic mass is 10.0. The van der Waals surface area contributed by atoms with E-state index in [0.717, 1.165) is 28.1 Å². The maximum Gasteiger partial charge on any atom is 0.283 e. The number of aromatic nitrogens is 6. The Labute approximate surface area is 181 Å². The molecule has 5 aromatic rings. The number of fused-ring (bicyclic) bond motifs is 3. The number of benzene rings is 2. The number of aryl methyl sites for hydroxylation is 1. The molecule has 32 heavy (non-hydrogen) atoms. The van der Waals surface area contributed by atoms with Gasteiger partial charge in [0.15, 0.2) is 16.8 Å². The molecule has 9 heteroatoms. The van der Waals surface area contributed by atoms with Crippen LogP contribution in [0.1, 0.15) is 18.2 Å². The number of ether oxygens (including phenoxy) is 1. The highest BCUT2D eigenvalue weighted by Crippen LogP contribution is 2.28. The van der Waals surface area contributed by atoms with Crippen molar-refractivity contribution in [2.75, 3.05) is 7.11 Å². The Kier molecular flexibility index (Phi) is 4.85. The molecule has 3 heterocycles. The van der Waals surface area contributed by atoms with E-state index in [1.165, 1.54) is 23.0 Å². The van der Waals surface area contributed by atoms with Crippen molar-refractivity contribution in [1.82, 2.24) is 29.4 Å². The molecule has 0 saturated carbocycles. The van der Waals surface area contributed by atoms with Crippen LogP contribution in [0.25, 0.3) is 27.9 Å². The summed E-state index contributed by atoms with van der Waals surface area (Å²) in [6.07, 6.45) is 2.12. The third-order valence-corrected chi connectivity index (χ3v) is 5.35. The van der Waals surface area contributed by atoms with Crippen molar-refractivity contribution in [3.05, 3.63) is 82.3 Å². The highest BCUT2D eigenvalue weighted by Gasteiger charge is 2.19. The number of halogens is 1. The number of methoxy groups -OCH3 is 1. The summed E-state index contributed by atoms with van der Waals surface area (Å²) < 4.78 is 21.6. The molecule has 0 aliphatic heterocycles. The van der Waals surface area contributed by atoms with Gasteiger partial charge in [-0.3, -0.25) is 9.36 Å². The molecule has 2 aromatic carbocycles. The topological polar surface area (TPSA) is 87.2 Å². The molecule has 0 aliphatic carbocycles. The molecule has 8 nitrogen and oxygen atoms in total. The third-order valence-electron chi connectivity index (χ3n) is 5.35. The summed E-state index contributed by atoms with van der Waals surface area (Å²) in [7, 11) is 1.60. The summed E-state index contributed by atoms with van der Waals surface area (Å²) in [6, 6.07) is 13.6. The molecule has 3 aromatic heterocycles. The zero-order chi connectivity index (χ0) is 22.2. The first-order valence-electron chi connectivity index (χ1n) is 10.1. The molecule has 0 bridgehead atoms. The molecule has 0 spiro atoms. The Balaban J connectivity index is 1.63. The summed E-state index contributed by atoms with van der Waals surface area (Å²) in [5.74, 6) is 0.423. The van der Waals surface area contributed by atoms with Gasteiger partial charge in [-0.25, -0.2) is 9.37 Å². The molecule has 5 rings (SSSR count). The van der Waals surface area contributed by atoms with Crippen molar-refractivity contribution in [2.24, 2.45) is 0 Å². The van der Waals surface area contributed by atoms with E-state index in [1.807, 2.05) is 31.2 Å². The number of nitrogens with zero attached hydrogens (tertiary/aromatic N) is 6. The summed E-state index contributed by atoms with van der Waals surface area (Å²) in [5, 5.41) is 13.1. The van der Waals surface area contributed by atoms with E-state index in [4.69, 9.17) is 4.74 Å². The maximum atomic E-state index is 13.4. The highest BCUT2D eigenvalue weighted by atomic mass is 19.1. The Hall–Kier alpha value is -4.14. The maximum absolute atomic E-state index is 13.4. The highest BCUT2D eigenvalue weighted by molar-refractivity contribution is 5.83. The SMILES string of the molecule is CCc1nn2c(nnc3c(=O)n(Cc4ccc(OC)cc4)cnc32)c1-c1ccc(F)cc1. The van der Waals surface area contributed by atoms with E-state index >= 15 is 0 Å². The van der Waals surface area contributed by atoms with Crippen LogP contribution in [0.5, 0.6) is 5.75 Å². The molecule has 0 N–H and O–H groups in total. The van der Waals surface area contributed by atoms with Gasteiger partial charge in [0.1, 0.15) is 17.9 Å². The Morgan fingerprint density at radius 3 is 2.44 bits per heavy atom. The van der Waals surface area contributed by atoms with Crippen LogP contribution in [0.3, 0.4) is 0 Å². The van der Waals surface area contributed by atoms with E-state index in [0.29, 0.717) is 24.3 Å². The van der Waals surface area contributed by atoms with Crippen LogP contribution in [-0.4, -0.2) is 36.5 Å². The summed E-state index contributed by atoms with van der Waals surface area (Å²) in [6.45, 7) is 2.31. The predicted octanol–water partition coefficient (Wildman–Crippen LogP) is 3.26. The van der Waals surface area contributed by atoms with Crippen LogP contribution >= 0.6 is 0 Å². The van der Waals surface area contributed by atoms with Gasteiger partial charge in [-0.15, -0.1) is 10.2 Å². The molecule has 0 atom stereocenters. The lowest BCUT2D eigenvalue weighted by Crippen LogP contribution is -2.23. The Morgan fingerprint density at radius 2 is 1.75 bits per heavy atom. The van der Waals surface area contributed by atoms with Crippen LogP contribution in [0.4, 0.5) is 4.39 Å². The zero-order valence-electron chi connectivity index (χ0n) is 17.5. The molecule has 0 radical (unpaired) electrons. The largest absolute Gasteiger partial charge is 0.497 e. The summed E-state index contributed by atoms with van der Waals surface area (Å²) >= 11 is 0. The van der Waals surface area contributed by atoms with Crippen molar-refractivity contribution in [2.45, 2.75) is 19.9 Å². The van der Waals surface area contributed by atoms with Crippen molar-refractivity contribution in [3.63, 3.8) is 0 Å². The molecular formula is C23H19FN6O2. The number of rotatable bonds is 5. The summed E-state index contributed by atoms with van der Waals surface area (Å²) in [5.41, 5.74) is 3.85. The van der Waals surface area contributed by atoms with Gasteiger partial charge < -0.3 is 4.74 Å². The molecule has 0 aliphatic rings. The van der Waals surface area contributed by atoms with Crippen LogP contribution < -0.4 is 10.3 Å². The average molecular weight is 430 g/mol. The Bertz CT molecular complexity index is 1490. The van der Waals surface area contributed by atoms with Crippen molar-refractivity contribution >= 4 is 16.8 Å². The lowest BCUT2D eigenvalue weighted by molar-refractivity contribution is 0.414. The fourth-order valence-electron chi connectivity index (χ4n) is 3.70. The van der Waals surface area contributed by atoms with Crippen LogP contribution in [0.2, 0.25) is 0 Å². The second-order valence-corrected chi connectivity index (χ2v) is 7.32. The third kappa shape index (κ3) is 3.27. The molecule has 0 saturated heterocycles. The molecular weight excluding hydrogens is 411 g/mol. The van der Waals surface area contributed by atoms with Crippen molar-refractivity contribution in [1.29, 1.82) is 0 Å². The first-order chi connectivity index (χ1) is 15.6. The average Bonchev–Trinajstić information content (AvgIpc) is 3.21. The zero-order valence-corrected chi connectivity index (χ0v) is 17.5. The van der Waals surface area contributed by atoms with Gasteiger partial charge in [0, 0.05) is 0 Å². The van der Waals surface area contributed by atoms with E-state index < -0.39 is 0 Å². The monoisotopic (exact) mass is 430 g/mol. The quantitative estimate of drug-likeness (QED) is 0.425. The Morgan fingerprint density at radius 1 is 1.00 bits per heavy atom. The van der Waals surface area contributed by atoms with Gasteiger partial charge >= 0.3 is 0 Å². The van der Waals surface area contributed by atoms with Gasteiger partial charge in [-0.1, -0.05) is 31.2 Å². The molecule has 0 amide bonds. The van der Waals surface area contributed by atoms with E-state index in [9.17, 15) is 9.18 Å². The molecule has 160 valence electrons. The van der Waals surface area contributed by atoms with Gasteiger partial charge in [0.2, 0.25) is 0 Å². The van der Waals surface area contributed by atoms with Crippen molar-refractivity contribution < 1.29 is 9.13 Å². The van der Waals surface area contributed by atoms with Crippen molar-refractivity contribution in [3.8, 4) is 16.9 Å². The van der Waals surface area contributed by atoms with Gasteiger partial charge in [0.25, 0.3) is 5.56 Å². The summed E-state index contributed by atoms with van der Waals surface area (Å²) in [4.78, 5) is 17.6. The predicted molar refractivity (Wildman–Crippen MR) is 117 cm³/mol. The molecule has 0 unspecified atom stereocenters. The second-order valence-electron chi connectivity index (χ2n) is 7.32. The van der Waals surface area contributed by atoms with E-state index in [1.54, 1.807) is 23.8 Å². The molecule has 0 fully saturated rings. The van der Waals surface area contributed by atoms with Crippen LogP contribution in [0, 0.1) is 5.82 Å². The van der Waals surface area contributed by atoms with Gasteiger partial charge in [-0.05, 0) is 41.8 Å². The van der Waals surface area contributed by atoms with Gasteiger partial charge in [0.05, 0.1) is 24.9 Å². The fourth-order valence-corrected chi connectivity index (χ4v) is 3.70. The van der Waals surface area contributed by atoms with E-state index in [-0.39, 0.29) is 16.9 Å². The van der Waals surface area contributed by atoms with Crippen LogP contribution in [-0.2, 0) is 13.0 Å². The fraction of sp³-hybridized carbons (Fsp3) is 0.174. The minimum atomic E-state index is -0.320. The normalized spacial score (nSPS) is 11.3. The second kappa shape index (κ2) is 7.84. The lowest BCUT2D eigenvalue weighted by Gasteiger charge is -2.07.